The van der Waals surface area contributed by atoms with E-state index in [1.165, 1.54) is 44.9 Å². The van der Waals surface area contributed by atoms with Gasteiger partial charge in [-0.2, -0.15) is 0 Å². The first-order valence-corrected chi connectivity index (χ1v) is 14.2. The second kappa shape index (κ2) is 9.99. The average molecular weight is 486 g/mol. The van der Waals surface area contributed by atoms with Gasteiger partial charge in [-0.05, 0) is 19.3 Å². The molecule has 6 rings (SSSR count). The molecule has 1 fully saturated rings. The number of hydrogen-bond donors (Lipinski definition) is 0. The van der Waals surface area contributed by atoms with Crippen LogP contribution in [0.15, 0.2) is 13.1 Å². The molecule has 32 heavy (non-hydrogen) atoms. The predicted octanol–water partition coefficient (Wildman–Crippen LogP) is 8.90. The second-order valence-electron chi connectivity index (χ2n) is 8.73. The van der Waals surface area contributed by atoms with E-state index in [-0.39, 0.29) is 0 Å². The normalized spacial score (nSPS) is 22.9. The highest BCUT2D eigenvalue weighted by molar-refractivity contribution is 7.42. The van der Waals surface area contributed by atoms with Crippen molar-refractivity contribution in [3.05, 3.63) is 11.1 Å². The zero-order valence-electron chi connectivity index (χ0n) is 18.9. The van der Waals surface area contributed by atoms with Gasteiger partial charge in [-0.25, -0.2) is 4.36 Å². The summed E-state index contributed by atoms with van der Waals surface area (Å²) in [6, 6.07) is 0. The highest BCUT2D eigenvalue weighted by Crippen LogP contribution is 2.70. The molecule has 10 heteroatoms. The monoisotopic (exact) mass is 486 g/mol. The fourth-order valence-electron chi connectivity index (χ4n) is 4.64. The molecule has 0 amide bonds. The number of unbranched alkanes of at least 4 members (excludes halogenated alkanes) is 9. The number of rotatable bonds is 13. The maximum Gasteiger partial charge on any atom is 0.491 e. The van der Waals surface area contributed by atoms with Gasteiger partial charge < -0.3 is 13.6 Å². The zero-order chi connectivity index (χ0) is 22.0. The van der Waals surface area contributed by atoms with Crippen molar-refractivity contribution < 1.29 is 36.3 Å². The Bertz CT molecular complexity index is 963. The lowest BCUT2D eigenvalue weighted by Gasteiger charge is -2.42. The van der Waals surface area contributed by atoms with Gasteiger partial charge in [0, 0.05) is 12.0 Å². The Balaban J connectivity index is 1.45. The van der Waals surface area contributed by atoms with Gasteiger partial charge in [-0.15, -0.1) is 4.67 Å². The Morgan fingerprint density at radius 3 is 2.28 bits per heavy atom. The fourth-order valence-corrected chi connectivity index (χ4v) is 6.56. The van der Waals surface area contributed by atoms with Crippen molar-refractivity contribution in [1.29, 1.82) is 0 Å². The lowest BCUT2D eigenvalue weighted by molar-refractivity contribution is -0.237. The Morgan fingerprint density at radius 2 is 1.50 bits per heavy atom. The van der Waals surface area contributed by atoms with Crippen molar-refractivity contribution in [3.63, 3.8) is 0 Å². The molecule has 1 aromatic heterocycles. The molecule has 4 bridgehead atoms. The van der Waals surface area contributed by atoms with Crippen LogP contribution in [0.3, 0.4) is 0 Å². The van der Waals surface area contributed by atoms with Crippen molar-refractivity contribution in [3.8, 4) is 11.5 Å². The van der Waals surface area contributed by atoms with Crippen molar-refractivity contribution in [2.45, 2.75) is 103 Å². The van der Waals surface area contributed by atoms with Crippen LogP contribution in [0.5, 0.6) is 11.5 Å². The first-order valence-electron chi connectivity index (χ1n) is 12.0. The van der Waals surface area contributed by atoms with Crippen LogP contribution in [0.25, 0.3) is 11.2 Å². The number of fused-ring (bicyclic) bond motifs is 2. The van der Waals surface area contributed by atoms with Gasteiger partial charge >= 0.3 is 16.8 Å². The van der Waals surface area contributed by atoms with Gasteiger partial charge in [0.15, 0.2) is 0 Å². The molecule has 1 unspecified atom stereocenters. The summed E-state index contributed by atoms with van der Waals surface area (Å²) in [5.41, 5.74) is 2.86. The van der Waals surface area contributed by atoms with E-state index in [1.54, 1.807) is 0 Å². The van der Waals surface area contributed by atoms with Crippen LogP contribution in [-0.4, -0.2) is 0 Å². The van der Waals surface area contributed by atoms with E-state index in [2.05, 4.69) is 13.8 Å². The van der Waals surface area contributed by atoms with Crippen LogP contribution in [-0.2, 0) is 25.9 Å². The molecule has 0 N–H and O–H groups in total. The van der Waals surface area contributed by atoms with E-state index in [1.807, 2.05) is 0 Å². The lowest BCUT2D eigenvalue weighted by atomic mass is 9.89. The topological polar surface area (TPSA) is 85.6 Å². The van der Waals surface area contributed by atoms with Crippen LogP contribution in [0.4, 0.5) is 0 Å². The maximum absolute atomic E-state index is 6.20. The number of aryl methyl sites for hydroxylation is 1. The van der Waals surface area contributed by atoms with E-state index < -0.39 is 22.6 Å². The van der Waals surface area contributed by atoms with Gasteiger partial charge in [0.05, 0.1) is 5.56 Å². The molecule has 8 nitrogen and oxygen atoms in total. The maximum atomic E-state index is 6.20. The van der Waals surface area contributed by atoms with Crippen LogP contribution >= 0.6 is 16.8 Å². The molecule has 5 heterocycles. The Kier molecular flexibility index (Phi) is 7.06. The Morgan fingerprint density at radius 1 is 0.781 bits per heavy atom. The van der Waals surface area contributed by atoms with Gasteiger partial charge in [-0.3, -0.25) is 13.6 Å². The Hall–Kier alpha value is -1.17. The lowest BCUT2D eigenvalue weighted by Crippen LogP contribution is -2.38. The first kappa shape index (κ1) is 22.6. The molecule has 4 aliphatic heterocycles. The van der Waals surface area contributed by atoms with Crippen molar-refractivity contribution in [1.82, 2.24) is 0 Å². The predicted molar refractivity (Wildman–Crippen MR) is 120 cm³/mol. The summed E-state index contributed by atoms with van der Waals surface area (Å²) in [4.78, 5) is 5.72. The summed E-state index contributed by atoms with van der Waals surface area (Å²) in [7, 11) is -3.15. The van der Waals surface area contributed by atoms with Crippen LogP contribution in [0.1, 0.15) is 102 Å². The largest absolute Gasteiger partial charge is 0.491 e. The summed E-state index contributed by atoms with van der Waals surface area (Å²) in [5, 5.41) is 0. The van der Waals surface area contributed by atoms with Crippen molar-refractivity contribution in [2.24, 2.45) is 0 Å². The van der Waals surface area contributed by atoms with Gasteiger partial charge in [-0.1, -0.05) is 71.6 Å². The van der Waals surface area contributed by atoms with Gasteiger partial charge in [0.1, 0.15) is 0 Å². The van der Waals surface area contributed by atoms with Crippen molar-refractivity contribution in [2.75, 3.05) is 0 Å². The highest BCUT2D eigenvalue weighted by Gasteiger charge is 2.58. The Labute approximate surface area is 190 Å². The smallest absolute Gasteiger partial charge is 0.380 e. The third kappa shape index (κ3) is 4.21. The van der Waals surface area contributed by atoms with Crippen LogP contribution in [0, 0.1) is 0 Å². The molecule has 2 aromatic rings. The molecule has 1 atom stereocenters. The molecule has 1 aromatic carbocycles. The molecule has 178 valence electrons. The third-order valence-electron chi connectivity index (χ3n) is 6.33. The fraction of sp³-hybridized carbons (Fsp3) is 0.727. The highest BCUT2D eigenvalue weighted by atomic mass is 31.2. The van der Waals surface area contributed by atoms with Crippen LogP contribution < -0.4 is 9.41 Å². The minimum Gasteiger partial charge on any atom is -0.380 e. The summed E-state index contributed by atoms with van der Waals surface area (Å²) in [5.74, 6) is 0.0551. The molecule has 0 radical (unpaired) electrons. The van der Waals surface area contributed by atoms with Gasteiger partial charge in [0.25, 0.3) is 0 Å². The standard InChI is InChI=1S/C22H32O8P2/c1-3-5-7-9-10-12-14-16-17-19(21-20-18(16)23-29-31(25-20)26-21)24-30-32-27-22(17,28-32)15-13-11-8-6-4-2/h3-15H2,1-2H3. The van der Waals surface area contributed by atoms with E-state index in [4.69, 9.17) is 36.3 Å². The number of hydrogen-bond acceptors (Lipinski definition) is 8. The van der Waals surface area contributed by atoms with E-state index >= 15 is 0 Å². The average Bonchev–Trinajstić information content (AvgIpc) is 2.95. The summed E-state index contributed by atoms with van der Waals surface area (Å²) < 4.78 is 40.5. The number of benzene rings is 1. The third-order valence-corrected chi connectivity index (χ3v) is 8.27. The van der Waals surface area contributed by atoms with Gasteiger partial charge in [0.2, 0.25) is 28.5 Å². The minimum absolute atomic E-state index is 0.464. The molecule has 0 saturated carbocycles. The molecule has 0 aliphatic carbocycles. The first-order chi connectivity index (χ1) is 15.8. The molecular weight excluding hydrogens is 454 g/mol. The summed E-state index contributed by atoms with van der Waals surface area (Å²) in [6.45, 7) is 4.45. The second-order valence-corrected chi connectivity index (χ2v) is 10.7. The quantitative estimate of drug-likeness (QED) is 0.134. The summed E-state index contributed by atoms with van der Waals surface area (Å²) in [6.07, 6.45) is 14.5. The summed E-state index contributed by atoms with van der Waals surface area (Å²) >= 11 is 0. The van der Waals surface area contributed by atoms with E-state index in [0.29, 0.717) is 22.7 Å². The molecule has 0 spiro atoms. The van der Waals surface area contributed by atoms with E-state index in [9.17, 15) is 0 Å². The zero-order valence-corrected chi connectivity index (χ0v) is 20.6. The molecular formula is C22H32O8P2. The minimum atomic E-state index is -1.62. The van der Waals surface area contributed by atoms with Crippen LogP contribution in [0.2, 0.25) is 0 Å². The molecule has 4 aliphatic rings. The van der Waals surface area contributed by atoms with Crippen molar-refractivity contribution >= 4 is 28.0 Å². The SMILES string of the molecule is CCCCCCCCc1c2c(c3c4op(ooc14)O3)OOP1OC2(CCCCCCC)O1. The van der Waals surface area contributed by atoms with E-state index in [0.717, 1.165) is 49.7 Å². The molecule has 1 saturated heterocycles.